The maximum absolute atomic E-state index is 13.5. The number of hydrogen-bond acceptors (Lipinski definition) is 2. The molecule has 0 aliphatic rings. The van der Waals surface area contributed by atoms with Crippen molar-refractivity contribution in [1.29, 1.82) is 0 Å². The molecule has 0 spiro atoms. The normalized spacial score (nSPS) is 12.5. The lowest BCUT2D eigenvalue weighted by Gasteiger charge is -2.14. The number of hydrogen-bond donors (Lipinski definition) is 0. The minimum Gasteiger partial charge on any atom is -0.496 e. The van der Waals surface area contributed by atoms with E-state index in [1.807, 2.05) is 13.0 Å². The molecular weight excluding hydrogens is 367 g/mol. The molecule has 2 rings (SSSR count). The van der Waals surface area contributed by atoms with Gasteiger partial charge in [0.25, 0.3) is 0 Å². The van der Waals surface area contributed by atoms with E-state index in [0.717, 1.165) is 16.9 Å². The van der Waals surface area contributed by atoms with Gasteiger partial charge in [-0.3, -0.25) is 0 Å². The second-order valence-electron chi connectivity index (χ2n) is 3.80. The number of halogens is 3. The van der Waals surface area contributed by atoms with Crippen LogP contribution in [0.15, 0.2) is 33.4 Å². The van der Waals surface area contributed by atoms with Crippen molar-refractivity contribution in [3.63, 3.8) is 0 Å². The summed E-state index contributed by atoms with van der Waals surface area (Å²) >= 11 is 6.78. The fourth-order valence-corrected chi connectivity index (χ4v) is 2.94. The molecule has 0 amide bonds. The van der Waals surface area contributed by atoms with Gasteiger partial charge < -0.3 is 9.15 Å². The third kappa shape index (κ3) is 2.47. The average Bonchev–Trinajstić information content (AvgIpc) is 2.77. The van der Waals surface area contributed by atoms with Crippen LogP contribution < -0.4 is 4.74 Å². The number of furan rings is 1. The molecular formula is C13H11Br2FO2. The maximum Gasteiger partial charge on any atom is 0.141 e. The van der Waals surface area contributed by atoms with Crippen molar-refractivity contribution >= 4 is 31.9 Å². The van der Waals surface area contributed by atoms with Crippen LogP contribution >= 0.6 is 31.9 Å². The molecule has 1 aromatic carbocycles. The van der Waals surface area contributed by atoms with Crippen molar-refractivity contribution in [1.82, 2.24) is 0 Å². The third-order valence-electron chi connectivity index (χ3n) is 2.72. The molecule has 0 radical (unpaired) electrons. The first kappa shape index (κ1) is 13.6. The minimum atomic E-state index is -0.348. The number of rotatable bonds is 3. The summed E-state index contributed by atoms with van der Waals surface area (Å²) in [5, 5.41) is 0. The monoisotopic (exact) mass is 376 g/mol. The van der Waals surface area contributed by atoms with Gasteiger partial charge in [0.1, 0.15) is 17.3 Å². The number of alkyl halides is 1. The van der Waals surface area contributed by atoms with Gasteiger partial charge in [-0.2, -0.15) is 0 Å². The van der Waals surface area contributed by atoms with Crippen LogP contribution in [0.3, 0.4) is 0 Å². The van der Waals surface area contributed by atoms with Gasteiger partial charge in [0.05, 0.1) is 22.7 Å². The molecule has 0 aliphatic heterocycles. The first-order valence-corrected chi connectivity index (χ1v) is 6.96. The van der Waals surface area contributed by atoms with Crippen LogP contribution in [0, 0.1) is 12.7 Å². The van der Waals surface area contributed by atoms with Crippen molar-refractivity contribution < 1.29 is 13.5 Å². The van der Waals surface area contributed by atoms with Crippen molar-refractivity contribution in [2.24, 2.45) is 0 Å². The van der Waals surface area contributed by atoms with Gasteiger partial charge in [0, 0.05) is 17.2 Å². The summed E-state index contributed by atoms with van der Waals surface area (Å²) in [6, 6.07) is 4.95. The Morgan fingerprint density at radius 3 is 2.61 bits per heavy atom. The summed E-state index contributed by atoms with van der Waals surface area (Å²) in [5.41, 5.74) is 1.84. The van der Waals surface area contributed by atoms with Gasteiger partial charge in [0.2, 0.25) is 0 Å². The molecule has 0 bridgehead atoms. The molecule has 0 aliphatic carbocycles. The first-order chi connectivity index (χ1) is 8.54. The lowest BCUT2D eigenvalue weighted by Crippen LogP contribution is -1.99. The molecule has 0 N–H and O–H groups in total. The van der Waals surface area contributed by atoms with Crippen LogP contribution in [-0.4, -0.2) is 7.11 Å². The van der Waals surface area contributed by atoms with E-state index in [0.29, 0.717) is 10.2 Å². The Bertz CT molecular complexity index is 566. The number of methoxy groups -OCH3 is 1. The zero-order chi connectivity index (χ0) is 13.3. The van der Waals surface area contributed by atoms with E-state index in [9.17, 15) is 4.39 Å². The molecule has 0 fully saturated rings. The van der Waals surface area contributed by atoms with Crippen LogP contribution in [0.5, 0.6) is 5.75 Å². The number of ether oxygens (including phenoxy) is 1. The van der Waals surface area contributed by atoms with E-state index in [-0.39, 0.29) is 10.6 Å². The highest BCUT2D eigenvalue weighted by molar-refractivity contribution is 9.10. The van der Waals surface area contributed by atoms with Crippen molar-refractivity contribution in [3.05, 3.63) is 51.6 Å². The van der Waals surface area contributed by atoms with E-state index < -0.39 is 0 Å². The van der Waals surface area contributed by atoms with E-state index >= 15 is 0 Å². The van der Waals surface area contributed by atoms with Gasteiger partial charge in [-0.25, -0.2) is 4.39 Å². The van der Waals surface area contributed by atoms with Gasteiger partial charge >= 0.3 is 0 Å². The predicted molar refractivity (Wildman–Crippen MR) is 74.9 cm³/mol. The van der Waals surface area contributed by atoms with E-state index in [1.165, 1.54) is 13.2 Å². The van der Waals surface area contributed by atoms with Gasteiger partial charge in [-0.05, 0) is 35.0 Å². The third-order valence-corrected chi connectivity index (χ3v) is 4.31. The molecule has 5 heteroatoms. The highest BCUT2D eigenvalue weighted by Gasteiger charge is 2.20. The van der Waals surface area contributed by atoms with Crippen LogP contribution in [0.2, 0.25) is 0 Å². The fourth-order valence-electron chi connectivity index (χ4n) is 1.74. The van der Waals surface area contributed by atoms with E-state index in [4.69, 9.17) is 9.15 Å². The first-order valence-electron chi connectivity index (χ1n) is 5.25. The molecule has 1 unspecified atom stereocenters. The molecule has 1 atom stereocenters. The topological polar surface area (TPSA) is 22.4 Å². The molecule has 0 saturated heterocycles. The zero-order valence-corrected chi connectivity index (χ0v) is 13.0. The zero-order valence-electron chi connectivity index (χ0n) is 9.84. The Labute approximate surface area is 121 Å². The highest BCUT2D eigenvalue weighted by Crippen LogP contribution is 2.40. The molecule has 2 nitrogen and oxygen atoms in total. The largest absolute Gasteiger partial charge is 0.496 e. The number of benzene rings is 1. The average molecular weight is 378 g/mol. The Kier molecular flexibility index (Phi) is 4.12. The molecule has 1 aromatic heterocycles. The molecule has 96 valence electrons. The van der Waals surface area contributed by atoms with Crippen LogP contribution in [-0.2, 0) is 0 Å². The summed E-state index contributed by atoms with van der Waals surface area (Å²) in [5.74, 6) is 0.969. The summed E-state index contributed by atoms with van der Waals surface area (Å²) in [6.45, 7) is 1.88. The van der Waals surface area contributed by atoms with Crippen LogP contribution in [0.4, 0.5) is 4.39 Å². The van der Waals surface area contributed by atoms with Gasteiger partial charge in [-0.1, -0.05) is 15.9 Å². The standard InChI is InChI=1S/C13H11Br2FO2/c1-7-8(3-4-18-7)13(15)9-5-10(14)11(16)6-12(9)17-2/h3-6,13H,1-2H3. The summed E-state index contributed by atoms with van der Waals surface area (Å²) in [4.78, 5) is -0.108. The quantitative estimate of drug-likeness (QED) is 0.703. The Morgan fingerprint density at radius 1 is 1.33 bits per heavy atom. The maximum atomic E-state index is 13.5. The second kappa shape index (κ2) is 5.45. The van der Waals surface area contributed by atoms with Gasteiger partial charge in [-0.15, -0.1) is 0 Å². The Morgan fingerprint density at radius 2 is 2.06 bits per heavy atom. The smallest absolute Gasteiger partial charge is 0.141 e. The molecule has 1 heterocycles. The molecule has 0 saturated carbocycles. The van der Waals surface area contributed by atoms with Crippen molar-refractivity contribution in [2.75, 3.05) is 7.11 Å². The predicted octanol–water partition coefficient (Wildman–Crippen LogP) is 4.98. The summed E-state index contributed by atoms with van der Waals surface area (Å²) < 4.78 is 24.4. The van der Waals surface area contributed by atoms with Crippen LogP contribution in [0.25, 0.3) is 0 Å². The van der Waals surface area contributed by atoms with Gasteiger partial charge in [0.15, 0.2) is 0 Å². The highest BCUT2D eigenvalue weighted by atomic mass is 79.9. The fraction of sp³-hybridized carbons (Fsp3) is 0.231. The van der Waals surface area contributed by atoms with Crippen molar-refractivity contribution in [3.8, 4) is 5.75 Å². The second-order valence-corrected chi connectivity index (χ2v) is 5.57. The summed E-state index contributed by atoms with van der Waals surface area (Å²) in [7, 11) is 1.52. The lowest BCUT2D eigenvalue weighted by atomic mass is 10.0. The van der Waals surface area contributed by atoms with Crippen molar-refractivity contribution in [2.45, 2.75) is 11.8 Å². The SMILES string of the molecule is COc1cc(F)c(Br)cc1C(Br)c1ccoc1C. The Hall–Kier alpha value is -0.810. The van der Waals surface area contributed by atoms with E-state index in [1.54, 1.807) is 12.3 Å². The van der Waals surface area contributed by atoms with Crippen LogP contribution in [0.1, 0.15) is 21.7 Å². The molecule has 2 aromatic rings. The van der Waals surface area contributed by atoms with E-state index in [2.05, 4.69) is 31.9 Å². The minimum absolute atomic E-state index is 0.108. The lowest BCUT2D eigenvalue weighted by molar-refractivity contribution is 0.406. The molecule has 18 heavy (non-hydrogen) atoms. The summed E-state index contributed by atoms with van der Waals surface area (Å²) in [6.07, 6.45) is 1.63. The number of aryl methyl sites for hydroxylation is 1. The Balaban J connectivity index is 2.50.